The van der Waals surface area contributed by atoms with Gasteiger partial charge in [-0.25, -0.2) is 4.98 Å². The van der Waals surface area contributed by atoms with E-state index in [1.165, 1.54) is 0 Å². The zero-order valence-electron chi connectivity index (χ0n) is 12.9. The summed E-state index contributed by atoms with van der Waals surface area (Å²) in [6.07, 6.45) is 5.52. The van der Waals surface area contributed by atoms with Crippen LogP contribution in [0.2, 0.25) is 0 Å². The molecule has 1 fully saturated rings. The van der Waals surface area contributed by atoms with Gasteiger partial charge in [0.25, 0.3) is 0 Å². The lowest BCUT2D eigenvalue weighted by Crippen LogP contribution is -2.13. The molecule has 2 aromatic heterocycles. The number of nitrogens with zero attached hydrogens (tertiary/aromatic N) is 2. The van der Waals surface area contributed by atoms with E-state index in [2.05, 4.69) is 20.6 Å². The Morgan fingerprint density at radius 3 is 2.71 bits per heavy atom. The molecule has 1 aromatic carbocycles. The smallest absolute Gasteiger partial charge is 0.227 e. The number of nitrogens with one attached hydrogen (secondary N) is 2. The molecule has 1 aliphatic rings. The first-order valence-corrected chi connectivity index (χ1v) is 8.70. The molecule has 0 aliphatic heterocycles. The van der Waals surface area contributed by atoms with Crippen LogP contribution in [0.25, 0.3) is 11.3 Å². The Kier molecular flexibility index (Phi) is 3.96. The van der Waals surface area contributed by atoms with E-state index in [-0.39, 0.29) is 11.8 Å². The maximum absolute atomic E-state index is 11.9. The molecule has 3 aromatic rings. The molecular weight excluding hydrogens is 320 g/mol. The second-order valence-corrected chi connectivity index (χ2v) is 6.60. The van der Waals surface area contributed by atoms with E-state index < -0.39 is 0 Å². The SMILES string of the molecule is O=C(Nc1cccc(Nc2nc(-c3ccncc3)cs2)c1)C1CC1. The quantitative estimate of drug-likeness (QED) is 0.729. The third-order valence-electron chi connectivity index (χ3n) is 3.81. The minimum absolute atomic E-state index is 0.112. The average Bonchev–Trinajstić information content (AvgIpc) is 3.36. The molecule has 6 heteroatoms. The number of amides is 1. The standard InChI is InChI=1S/C18H16N4OS/c23-17(13-4-5-13)20-14-2-1-3-15(10-14)21-18-22-16(11-24-18)12-6-8-19-9-7-12/h1-3,6-11,13H,4-5H2,(H,20,23)(H,21,22). The lowest BCUT2D eigenvalue weighted by Gasteiger charge is -2.07. The van der Waals surface area contributed by atoms with Gasteiger partial charge in [0.15, 0.2) is 5.13 Å². The predicted molar refractivity (Wildman–Crippen MR) is 96.4 cm³/mol. The highest BCUT2D eigenvalue weighted by atomic mass is 32.1. The molecule has 0 radical (unpaired) electrons. The van der Waals surface area contributed by atoms with Gasteiger partial charge in [0.1, 0.15) is 0 Å². The minimum atomic E-state index is 0.112. The third-order valence-corrected chi connectivity index (χ3v) is 4.57. The molecule has 4 rings (SSSR count). The van der Waals surface area contributed by atoms with Crippen molar-refractivity contribution in [2.24, 2.45) is 5.92 Å². The molecule has 0 saturated heterocycles. The molecular formula is C18H16N4OS. The van der Waals surface area contributed by atoms with Crippen molar-refractivity contribution in [3.8, 4) is 11.3 Å². The Bertz CT molecular complexity index is 858. The summed E-state index contributed by atoms with van der Waals surface area (Å²) < 4.78 is 0. The van der Waals surface area contributed by atoms with Crippen LogP contribution < -0.4 is 10.6 Å². The number of carbonyl (C=O) groups excluding carboxylic acids is 1. The van der Waals surface area contributed by atoms with Gasteiger partial charge >= 0.3 is 0 Å². The number of thiazole rings is 1. The van der Waals surface area contributed by atoms with Gasteiger partial charge in [0.05, 0.1) is 5.69 Å². The van der Waals surface area contributed by atoms with Crippen LogP contribution in [-0.2, 0) is 4.79 Å². The zero-order valence-corrected chi connectivity index (χ0v) is 13.7. The van der Waals surface area contributed by atoms with Crippen molar-refractivity contribution in [1.29, 1.82) is 0 Å². The predicted octanol–water partition coefficient (Wildman–Crippen LogP) is 4.30. The van der Waals surface area contributed by atoms with Gasteiger partial charge < -0.3 is 10.6 Å². The Labute approximate surface area is 143 Å². The average molecular weight is 336 g/mol. The maximum Gasteiger partial charge on any atom is 0.227 e. The largest absolute Gasteiger partial charge is 0.331 e. The number of aromatic nitrogens is 2. The zero-order chi connectivity index (χ0) is 16.4. The molecule has 0 unspecified atom stereocenters. The van der Waals surface area contributed by atoms with Gasteiger partial charge in [-0.3, -0.25) is 9.78 Å². The second-order valence-electron chi connectivity index (χ2n) is 5.74. The van der Waals surface area contributed by atoms with E-state index in [0.29, 0.717) is 0 Å². The van der Waals surface area contributed by atoms with Crippen molar-refractivity contribution in [3.05, 3.63) is 54.2 Å². The summed E-state index contributed by atoms with van der Waals surface area (Å²) in [6.45, 7) is 0. The highest BCUT2D eigenvalue weighted by molar-refractivity contribution is 7.14. The minimum Gasteiger partial charge on any atom is -0.331 e. The molecule has 0 bridgehead atoms. The van der Waals surface area contributed by atoms with Crippen molar-refractivity contribution < 1.29 is 4.79 Å². The van der Waals surface area contributed by atoms with E-state index in [1.807, 2.05) is 41.8 Å². The second kappa shape index (κ2) is 6.41. The van der Waals surface area contributed by atoms with E-state index >= 15 is 0 Å². The van der Waals surface area contributed by atoms with Gasteiger partial charge in [-0.15, -0.1) is 11.3 Å². The molecule has 2 N–H and O–H groups in total. The van der Waals surface area contributed by atoms with Crippen LogP contribution in [-0.4, -0.2) is 15.9 Å². The van der Waals surface area contributed by atoms with Crippen LogP contribution in [0, 0.1) is 5.92 Å². The van der Waals surface area contributed by atoms with Gasteiger partial charge in [0, 0.05) is 40.6 Å². The number of hydrogen-bond acceptors (Lipinski definition) is 5. The highest BCUT2D eigenvalue weighted by Crippen LogP contribution is 2.31. The maximum atomic E-state index is 11.9. The molecule has 120 valence electrons. The van der Waals surface area contributed by atoms with E-state index in [1.54, 1.807) is 23.7 Å². The fourth-order valence-corrected chi connectivity index (χ4v) is 3.11. The monoisotopic (exact) mass is 336 g/mol. The molecule has 1 amide bonds. The molecule has 5 nitrogen and oxygen atoms in total. The molecule has 0 atom stereocenters. The lowest BCUT2D eigenvalue weighted by atomic mass is 10.2. The van der Waals surface area contributed by atoms with Gasteiger partial charge in [0.2, 0.25) is 5.91 Å². The summed E-state index contributed by atoms with van der Waals surface area (Å²) in [6, 6.07) is 11.6. The van der Waals surface area contributed by atoms with E-state index in [9.17, 15) is 4.79 Å². The normalized spacial score (nSPS) is 13.5. The van der Waals surface area contributed by atoms with Crippen molar-refractivity contribution in [3.63, 3.8) is 0 Å². The highest BCUT2D eigenvalue weighted by Gasteiger charge is 2.29. The molecule has 1 saturated carbocycles. The lowest BCUT2D eigenvalue weighted by molar-refractivity contribution is -0.117. The van der Waals surface area contributed by atoms with Crippen LogP contribution in [0.3, 0.4) is 0 Å². The number of benzene rings is 1. The summed E-state index contributed by atoms with van der Waals surface area (Å²) in [5, 5.41) is 9.07. The van der Waals surface area contributed by atoms with Crippen LogP contribution in [0.1, 0.15) is 12.8 Å². The first kappa shape index (κ1) is 14.8. The Hall–Kier alpha value is -2.73. The van der Waals surface area contributed by atoms with Crippen molar-refractivity contribution in [2.45, 2.75) is 12.8 Å². The number of anilines is 3. The Balaban J connectivity index is 1.47. The van der Waals surface area contributed by atoms with E-state index in [4.69, 9.17) is 0 Å². The molecule has 0 spiro atoms. The Morgan fingerprint density at radius 2 is 1.92 bits per heavy atom. The molecule has 24 heavy (non-hydrogen) atoms. The summed E-state index contributed by atoms with van der Waals surface area (Å²) >= 11 is 1.54. The number of carbonyl (C=O) groups is 1. The van der Waals surface area contributed by atoms with Crippen LogP contribution in [0.15, 0.2) is 54.2 Å². The van der Waals surface area contributed by atoms with Crippen LogP contribution >= 0.6 is 11.3 Å². The van der Waals surface area contributed by atoms with Gasteiger partial charge in [-0.1, -0.05) is 6.07 Å². The van der Waals surface area contributed by atoms with Crippen molar-refractivity contribution in [2.75, 3.05) is 10.6 Å². The summed E-state index contributed by atoms with van der Waals surface area (Å²) in [5.41, 5.74) is 3.67. The summed E-state index contributed by atoms with van der Waals surface area (Å²) in [5.74, 6) is 0.310. The molecule has 1 aliphatic carbocycles. The van der Waals surface area contributed by atoms with Gasteiger partial charge in [-0.2, -0.15) is 0 Å². The summed E-state index contributed by atoms with van der Waals surface area (Å²) in [7, 11) is 0. The van der Waals surface area contributed by atoms with Crippen LogP contribution in [0.4, 0.5) is 16.5 Å². The first-order chi connectivity index (χ1) is 11.8. The topological polar surface area (TPSA) is 66.9 Å². The Morgan fingerprint density at radius 1 is 1.12 bits per heavy atom. The first-order valence-electron chi connectivity index (χ1n) is 7.82. The summed E-state index contributed by atoms with van der Waals surface area (Å²) in [4.78, 5) is 20.5. The third kappa shape index (κ3) is 3.44. The number of pyridine rings is 1. The van der Waals surface area contributed by atoms with Gasteiger partial charge in [-0.05, 0) is 43.2 Å². The van der Waals surface area contributed by atoms with Crippen molar-refractivity contribution >= 4 is 33.8 Å². The fraction of sp³-hybridized carbons (Fsp3) is 0.167. The van der Waals surface area contributed by atoms with Crippen molar-refractivity contribution in [1.82, 2.24) is 9.97 Å². The molecule has 2 heterocycles. The fourth-order valence-electron chi connectivity index (χ4n) is 2.37. The van der Waals surface area contributed by atoms with E-state index in [0.717, 1.165) is 40.6 Å². The number of rotatable bonds is 5. The number of hydrogen-bond donors (Lipinski definition) is 2. The van der Waals surface area contributed by atoms with Crippen LogP contribution in [0.5, 0.6) is 0 Å².